The highest BCUT2D eigenvalue weighted by Crippen LogP contribution is 2.22. The lowest BCUT2D eigenvalue weighted by molar-refractivity contribution is -0.122. The maximum absolute atomic E-state index is 10.8. The van der Waals surface area contributed by atoms with Crippen LogP contribution in [0.5, 0.6) is 0 Å². The smallest absolute Gasteiger partial charge is 0.224 e. The Hall–Kier alpha value is -1.36. The van der Waals surface area contributed by atoms with Gasteiger partial charge in [-0.2, -0.15) is 0 Å². The minimum Gasteiger partial charge on any atom is -0.369 e. The number of amides is 1. The van der Waals surface area contributed by atoms with Crippen molar-refractivity contribution in [3.63, 3.8) is 0 Å². The monoisotopic (exact) mass is 212 g/mol. The van der Waals surface area contributed by atoms with E-state index in [4.69, 9.17) is 17.3 Å². The number of aromatic nitrogens is 2. The molecule has 2 rings (SSSR count). The molecule has 74 valence electrons. The zero-order chi connectivity index (χ0) is 10.1. The second-order valence-electron chi connectivity index (χ2n) is 3.22. The largest absolute Gasteiger partial charge is 0.369 e. The van der Waals surface area contributed by atoms with Gasteiger partial charge in [-0.1, -0.05) is 11.6 Å². The number of halogens is 1. The molecule has 6 heteroatoms. The van der Waals surface area contributed by atoms with Gasteiger partial charge in [0, 0.05) is 13.1 Å². The van der Waals surface area contributed by atoms with Crippen molar-refractivity contribution in [1.82, 2.24) is 10.2 Å². The summed E-state index contributed by atoms with van der Waals surface area (Å²) in [7, 11) is 0. The van der Waals surface area contributed by atoms with E-state index in [2.05, 4.69) is 10.2 Å². The molecule has 0 radical (unpaired) electrons. The van der Waals surface area contributed by atoms with Crippen LogP contribution < -0.4 is 10.6 Å². The van der Waals surface area contributed by atoms with Crippen LogP contribution in [0.3, 0.4) is 0 Å². The number of nitrogens with two attached hydrogens (primary N) is 1. The highest BCUT2D eigenvalue weighted by Gasteiger charge is 2.31. The van der Waals surface area contributed by atoms with Crippen LogP contribution in [0, 0.1) is 5.92 Å². The molecule has 0 aliphatic carbocycles. The van der Waals surface area contributed by atoms with Crippen LogP contribution in [0.1, 0.15) is 0 Å². The van der Waals surface area contributed by atoms with Gasteiger partial charge in [-0.15, -0.1) is 10.2 Å². The Bertz CT molecular complexity index is 347. The molecule has 1 aliphatic rings. The van der Waals surface area contributed by atoms with Gasteiger partial charge in [0.15, 0.2) is 11.0 Å². The first-order valence-electron chi connectivity index (χ1n) is 4.20. The van der Waals surface area contributed by atoms with E-state index in [1.54, 1.807) is 12.1 Å². The van der Waals surface area contributed by atoms with Gasteiger partial charge in [0.2, 0.25) is 5.91 Å². The zero-order valence-corrected chi connectivity index (χ0v) is 8.11. The van der Waals surface area contributed by atoms with Crippen molar-refractivity contribution in [1.29, 1.82) is 0 Å². The average molecular weight is 213 g/mol. The van der Waals surface area contributed by atoms with Crippen molar-refractivity contribution in [2.45, 2.75) is 0 Å². The summed E-state index contributed by atoms with van der Waals surface area (Å²) >= 11 is 5.59. The zero-order valence-electron chi connectivity index (χ0n) is 7.35. The number of hydrogen-bond donors (Lipinski definition) is 1. The number of hydrogen-bond acceptors (Lipinski definition) is 4. The Balaban J connectivity index is 2.00. The number of nitrogens with zero attached hydrogens (tertiary/aromatic N) is 3. The Morgan fingerprint density at radius 2 is 2.21 bits per heavy atom. The standard InChI is InChI=1S/C8H9ClN4O/c9-6-1-2-7(12-11-6)13-3-5(4-13)8(10)14/h1-2,5H,3-4H2,(H2,10,14). The molecule has 5 nitrogen and oxygen atoms in total. The minimum atomic E-state index is -0.261. The third-order valence-electron chi connectivity index (χ3n) is 2.23. The topological polar surface area (TPSA) is 72.1 Å². The maximum Gasteiger partial charge on any atom is 0.224 e. The molecule has 0 atom stereocenters. The quantitative estimate of drug-likeness (QED) is 0.752. The van der Waals surface area contributed by atoms with Gasteiger partial charge in [0.25, 0.3) is 0 Å². The van der Waals surface area contributed by atoms with E-state index in [9.17, 15) is 4.79 Å². The molecule has 1 saturated heterocycles. The Morgan fingerprint density at radius 1 is 1.50 bits per heavy atom. The van der Waals surface area contributed by atoms with E-state index in [-0.39, 0.29) is 11.8 Å². The van der Waals surface area contributed by atoms with Gasteiger partial charge in [0.1, 0.15) is 0 Å². The highest BCUT2D eigenvalue weighted by atomic mass is 35.5. The SMILES string of the molecule is NC(=O)C1CN(c2ccc(Cl)nn2)C1. The lowest BCUT2D eigenvalue weighted by atomic mass is 10.00. The summed E-state index contributed by atoms with van der Waals surface area (Å²) in [6, 6.07) is 3.44. The van der Waals surface area contributed by atoms with E-state index >= 15 is 0 Å². The van der Waals surface area contributed by atoms with E-state index in [1.165, 1.54) is 0 Å². The first-order chi connectivity index (χ1) is 6.66. The first-order valence-corrected chi connectivity index (χ1v) is 4.58. The molecule has 0 bridgehead atoms. The van der Waals surface area contributed by atoms with E-state index < -0.39 is 0 Å². The molecule has 2 heterocycles. The van der Waals surface area contributed by atoms with Crippen molar-refractivity contribution in [2.24, 2.45) is 11.7 Å². The van der Waals surface area contributed by atoms with Gasteiger partial charge in [0.05, 0.1) is 5.92 Å². The number of primary amides is 1. The van der Waals surface area contributed by atoms with E-state index in [0.29, 0.717) is 18.2 Å². The van der Waals surface area contributed by atoms with Crippen LogP contribution in [0.4, 0.5) is 5.82 Å². The van der Waals surface area contributed by atoms with Crippen molar-refractivity contribution in [3.05, 3.63) is 17.3 Å². The molecule has 0 saturated carbocycles. The lowest BCUT2D eigenvalue weighted by Crippen LogP contribution is -2.52. The molecule has 1 fully saturated rings. The molecule has 1 amide bonds. The fraction of sp³-hybridized carbons (Fsp3) is 0.375. The summed E-state index contributed by atoms with van der Waals surface area (Å²) in [5.41, 5.74) is 5.14. The molecule has 1 aromatic heterocycles. The molecule has 1 aliphatic heterocycles. The fourth-order valence-electron chi connectivity index (χ4n) is 1.32. The van der Waals surface area contributed by atoms with Crippen molar-refractivity contribution in [2.75, 3.05) is 18.0 Å². The fourth-order valence-corrected chi connectivity index (χ4v) is 1.42. The third-order valence-corrected chi connectivity index (χ3v) is 2.43. The van der Waals surface area contributed by atoms with Crippen LogP contribution in [-0.2, 0) is 4.79 Å². The van der Waals surface area contributed by atoms with Crippen molar-refractivity contribution >= 4 is 23.3 Å². The van der Waals surface area contributed by atoms with Crippen LogP contribution in [0.25, 0.3) is 0 Å². The lowest BCUT2D eigenvalue weighted by Gasteiger charge is -2.37. The van der Waals surface area contributed by atoms with Crippen LogP contribution in [0.15, 0.2) is 12.1 Å². The minimum absolute atomic E-state index is 0.0625. The van der Waals surface area contributed by atoms with Crippen LogP contribution >= 0.6 is 11.6 Å². The average Bonchev–Trinajstić information content (AvgIpc) is 2.05. The van der Waals surface area contributed by atoms with Crippen molar-refractivity contribution < 1.29 is 4.79 Å². The molecular weight excluding hydrogens is 204 g/mol. The summed E-state index contributed by atoms with van der Waals surface area (Å²) in [5.74, 6) is 0.405. The third kappa shape index (κ3) is 1.63. The normalized spacial score (nSPS) is 16.5. The van der Waals surface area contributed by atoms with Gasteiger partial charge in [-0.05, 0) is 12.1 Å². The van der Waals surface area contributed by atoms with E-state index in [0.717, 1.165) is 5.82 Å². The van der Waals surface area contributed by atoms with Gasteiger partial charge < -0.3 is 10.6 Å². The molecular formula is C8H9ClN4O. The van der Waals surface area contributed by atoms with Gasteiger partial charge in [-0.25, -0.2) is 0 Å². The maximum atomic E-state index is 10.8. The molecule has 0 aromatic carbocycles. The predicted molar refractivity (Wildman–Crippen MR) is 51.9 cm³/mol. The van der Waals surface area contributed by atoms with Crippen LogP contribution in [0.2, 0.25) is 5.15 Å². The first kappa shape index (κ1) is 9.21. The summed E-state index contributed by atoms with van der Waals surface area (Å²) in [5, 5.41) is 7.96. The predicted octanol–water partition coefficient (Wildman–Crippen LogP) is 0.0515. The summed E-state index contributed by atoms with van der Waals surface area (Å²) in [6.45, 7) is 1.23. The van der Waals surface area contributed by atoms with Crippen molar-refractivity contribution in [3.8, 4) is 0 Å². The van der Waals surface area contributed by atoms with E-state index in [1.807, 2.05) is 4.90 Å². The second kappa shape index (κ2) is 3.42. The summed E-state index contributed by atoms with van der Waals surface area (Å²) < 4.78 is 0. The molecule has 2 N–H and O–H groups in total. The van der Waals surface area contributed by atoms with Crippen LogP contribution in [-0.4, -0.2) is 29.2 Å². The number of carbonyl (C=O) groups excluding carboxylic acids is 1. The summed E-state index contributed by atoms with van der Waals surface area (Å²) in [4.78, 5) is 12.7. The summed E-state index contributed by atoms with van der Waals surface area (Å²) in [6.07, 6.45) is 0. The Kier molecular flexibility index (Phi) is 2.25. The number of anilines is 1. The molecule has 1 aromatic rings. The van der Waals surface area contributed by atoms with Gasteiger partial charge >= 0.3 is 0 Å². The Morgan fingerprint density at radius 3 is 2.71 bits per heavy atom. The molecule has 0 spiro atoms. The molecule has 0 unspecified atom stereocenters. The van der Waals surface area contributed by atoms with Gasteiger partial charge in [-0.3, -0.25) is 4.79 Å². The molecule has 14 heavy (non-hydrogen) atoms. The number of rotatable bonds is 2. The highest BCUT2D eigenvalue weighted by molar-refractivity contribution is 6.29. The second-order valence-corrected chi connectivity index (χ2v) is 3.61. The Labute approximate surface area is 85.9 Å². The number of carbonyl (C=O) groups is 1.